The predicted molar refractivity (Wildman–Crippen MR) is 78.0 cm³/mol. The summed E-state index contributed by atoms with van der Waals surface area (Å²) >= 11 is 11.9. The lowest BCUT2D eigenvalue weighted by Gasteiger charge is -2.34. The van der Waals surface area contributed by atoms with Crippen molar-refractivity contribution >= 4 is 35.6 Å². The summed E-state index contributed by atoms with van der Waals surface area (Å²) in [5, 5.41) is 13.9. The van der Waals surface area contributed by atoms with Gasteiger partial charge in [0.2, 0.25) is 0 Å². The van der Waals surface area contributed by atoms with Crippen LogP contribution in [0.25, 0.3) is 0 Å². The van der Waals surface area contributed by atoms with Crippen LogP contribution in [0.3, 0.4) is 0 Å². The second kappa shape index (κ2) is 7.53. The van der Waals surface area contributed by atoms with E-state index in [4.69, 9.17) is 23.2 Å². The van der Waals surface area contributed by atoms with E-state index in [1.807, 2.05) is 12.1 Å². The van der Waals surface area contributed by atoms with Gasteiger partial charge in [-0.05, 0) is 17.7 Å². The zero-order valence-electron chi connectivity index (χ0n) is 9.90. The molecule has 0 aromatic heterocycles. The number of aliphatic hydroxyl groups excluding tert-OH is 1. The van der Waals surface area contributed by atoms with E-state index in [-0.39, 0.29) is 25.1 Å². The standard InChI is InChI=1S/C12H16Cl2N2O.ClH/c13-10-2-1-9(7-11(10)14)12(8-17)16-5-3-15-4-6-16;/h1-2,7,12,15,17H,3-6,8H2;1H/t12-;/m0./s1. The molecule has 1 aliphatic heterocycles. The molecule has 1 aliphatic rings. The van der Waals surface area contributed by atoms with Crippen LogP contribution in [0, 0.1) is 0 Å². The van der Waals surface area contributed by atoms with Gasteiger partial charge in [-0.3, -0.25) is 4.90 Å². The van der Waals surface area contributed by atoms with E-state index in [1.165, 1.54) is 0 Å². The van der Waals surface area contributed by atoms with Gasteiger partial charge in [0.15, 0.2) is 0 Å². The molecular weight excluding hydrogens is 295 g/mol. The number of hydrogen-bond donors (Lipinski definition) is 2. The Labute approximate surface area is 123 Å². The fourth-order valence-corrected chi connectivity index (χ4v) is 2.45. The van der Waals surface area contributed by atoms with Gasteiger partial charge in [0.05, 0.1) is 22.7 Å². The maximum atomic E-state index is 9.55. The van der Waals surface area contributed by atoms with Gasteiger partial charge < -0.3 is 10.4 Å². The molecule has 6 heteroatoms. The van der Waals surface area contributed by atoms with Crippen molar-refractivity contribution in [3.63, 3.8) is 0 Å². The van der Waals surface area contributed by atoms with E-state index in [0.717, 1.165) is 31.7 Å². The van der Waals surface area contributed by atoms with E-state index in [0.29, 0.717) is 10.0 Å². The third-order valence-corrected chi connectivity index (χ3v) is 3.83. The van der Waals surface area contributed by atoms with Crippen molar-refractivity contribution in [2.75, 3.05) is 32.8 Å². The quantitative estimate of drug-likeness (QED) is 0.899. The van der Waals surface area contributed by atoms with Crippen LogP contribution in [0.2, 0.25) is 10.0 Å². The fourth-order valence-electron chi connectivity index (χ4n) is 2.15. The molecule has 1 heterocycles. The SMILES string of the molecule is Cl.OC[C@@H](c1ccc(Cl)c(Cl)c1)N1CCNCC1. The van der Waals surface area contributed by atoms with Crippen molar-refractivity contribution in [1.29, 1.82) is 0 Å². The first-order chi connectivity index (χ1) is 8.22. The molecule has 0 bridgehead atoms. The third kappa shape index (κ3) is 3.73. The molecule has 1 aromatic carbocycles. The zero-order valence-corrected chi connectivity index (χ0v) is 12.2. The first-order valence-corrected chi connectivity index (χ1v) is 6.48. The average molecular weight is 312 g/mol. The minimum absolute atomic E-state index is 0. The largest absolute Gasteiger partial charge is 0.394 e. The lowest BCUT2D eigenvalue weighted by molar-refractivity contribution is 0.111. The molecule has 0 amide bonds. The number of halogens is 3. The molecule has 1 atom stereocenters. The van der Waals surface area contributed by atoms with Gasteiger partial charge in [0.25, 0.3) is 0 Å². The summed E-state index contributed by atoms with van der Waals surface area (Å²) in [5.74, 6) is 0. The van der Waals surface area contributed by atoms with Crippen molar-refractivity contribution < 1.29 is 5.11 Å². The van der Waals surface area contributed by atoms with Gasteiger partial charge in [-0.1, -0.05) is 29.3 Å². The van der Waals surface area contributed by atoms with E-state index in [1.54, 1.807) is 6.07 Å². The highest BCUT2D eigenvalue weighted by Gasteiger charge is 2.21. The topological polar surface area (TPSA) is 35.5 Å². The molecule has 2 N–H and O–H groups in total. The molecule has 3 nitrogen and oxygen atoms in total. The van der Waals surface area contributed by atoms with E-state index in [9.17, 15) is 5.11 Å². The molecule has 0 spiro atoms. The van der Waals surface area contributed by atoms with Gasteiger partial charge in [-0.15, -0.1) is 12.4 Å². The molecule has 18 heavy (non-hydrogen) atoms. The van der Waals surface area contributed by atoms with Crippen molar-refractivity contribution in [1.82, 2.24) is 10.2 Å². The van der Waals surface area contributed by atoms with Crippen LogP contribution in [0.1, 0.15) is 11.6 Å². The van der Waals surface area contributed by atoms with Crippen molar-refractivity contribution in [3.05, 3.63) is 33.8 Å². The molecule has 1 saturated heterocycles. The van der Waals surface area contributed by atoms with Crippen molar-refractivity contribution in [3.8, 4) is 0 Å². The summed E-state index contributed by atoms with van der Waals surface area (Å²) in [6, 6.07) is 5.56. The fraction of sp³-hybridized carbons (Fsp3) is 0.500. The number of hydrogen-bond acceptors (Lipinski definition) is 3. The number of piperazine rings is 1. The maximum absolute atomic E-state index is 9.55. The van der Waals surface area contributed by atoms with Crippen molar-refractivity contribution in [2.24, 2.45) is 0 Å². The molecule has 0 saturated carbocycles. The number of nitrogens with zero attached hydrogens (tertiary/aromatic N) is 1. The molecule has 0 radical (unpaired) electrons. The predicted octanol–water partition coefficient (Wildman–Crippen LogP) is 2.35. The molecule has 102 valence electrons. The van der Waals surface area contributed by atoms with Crippen LogP contribution in [0.15, 0.2) is 18.2 Å². The summed E-state index contributed by atoms with van der Waals surface area (Å²) in [7, 11) is 0. The van der Waals surface area contributed by atoms with Gasteiger partial charge >= 0.3 is 0 Å². The Morgan fingerprint density at radius 2 is 1.89 bits per heavy atom. The summed E-state index contributed by atoms with van der Waals surface area (Å²) in [4.78, 5) is 2.26. The maximum Gasteiger partial charge on any atom is 0.0628 e. The van der Waals surface area contributed by atoms with Gasteiger partial charge in [-0.2, -0.15) is 0 Å². The summed E-state index contributed by atoms with van der Waals surface area (Å²) in [6.45, 7) is 3.88. The minimum Gasteiger partial charge on any atom is -0.394 e. The number of rotatable bonds is 3. The highest BCUT2D eigenvalue weighted by atomic mass is 35.5. The lowest BCUT2D eigenvalue weighted by Crippen LogP contribution is -2.46. The highest BCUT2D eigenvalue weighted by molar-refractivity contribution is 6.42. The Bertz CT molecular complexity index is 384. The second-order valence-electron chi connectivity index (χ2n) is 4.16. The Balaban J connectivity index is 0.00000162. The first kappa shape index (κ1) is 16.0. The Morgan fingerprint density at radius 1 is 1.22 bits per heavy atom. The molecule has 1 fully saturated rings. The van der Waals surface area contributed by atoms with Crippen LogP contribution in [0.4, 0.5) is 0 Å². The molecule has 0 unspecified atom stereocenters. The molecule has 0 aliphatic carbocycles. The average Bonchev–Trinajstić information content (AvgIpc) is 2.36. The van der Waals surface area contributed by atoms with Crippen molar-refractivity contribution in [2.45, 2.75) is 6.04 Å². The number of nitrogens with one attached hydrogen (secondary N) is 1. The van der Waals surface area contributed by atoms with Gasteiger partial charge in [-0.25, -0.2) is 0 Å². The molecule has 2 rings (SSSR count). The summed E-state index contributed by atoms with van der Waals surface area (Å²) < 4.78 is 0. The van der Waals surface area contributed by atoms with E-state index < -0.39 is 0 Å². The minimum atomic E-state index is 0. The van der Waals surface area contributed by atoms with Gasteiger partial charge in [0.1, 0.15) is 0 Å². The zero-order chi connectivity index (χ0) is 12.3. The normalized spacial score (nSPS) is 18.2. The molecular formula is C12H17Cl3N2O. The lowest BCUT2D eigenvalue weighted by atomic mass is 10.1. The van der Waals surface area contributed by atoms with Crippen LogP contribution in [-0.4, -0.2) is 42.8 Å². The van der Waals surface area contributed by atoms with Crippen LogP contribution in [0.5, 0.6) is 0 Å². The Kier molecular flexibility index (Phi) is 6.71. The molecule has 1 aromatic rings. The van der Waals surface area contributed by atoms with Crippen LogP contribution in [-0.2, 0) is 0 Å². The Morgan fingerprint density at radius 3 is 2.44 bits per heavy atom. The van der Waals surface area contributed by atoms with E-state index in [2.05, 4.69) is 10.2 Å². The first-order valence-electron chi connectivity index (χ1n) is 5.73. The van der Waals surface area contributed by atoms with Crippen LogP contribution < -0.4 is 5.32 Å². The smallest absolute Gasteiger partial charge is 0.0628 e. The van der Waals surface area contributed by atoms with E-state index >= 15 is 0 Å². The summed E-state index contributed by atoms with van der Waals surface area (Å²) in [5.41, 5.74) is 1.02. The highest BCUT2D eigenvalue weighted by Crippen LogP contribution is 2.28. The van der Waals surface area contributed by atoms with Crippen LogP contribution >= 0.6 is 35.6 Å². The second-order valence-corrected chi connectivity index (χ2v) is 4.97. The third-order valence-electron chi connectivity index (χ3n) is 3.09. The number of aliphatic hydroxyl groups is 1. The summed E-state index contributed by atoms with van der Waals surface area (Å²) in [6.07, 6.45) is 0. The monoisotopic (exact) mass is 310 g/mol. The van der Waals surface area contributed by atoms with Gasteiger partial charge in [0, 0.05) is 26.2 Å². The Hall–Kier alpha value is -0.0300. The number of benzene rings is 1.